The van der Waals surface area contributed by atoms with E-state index in [-0.39, 0.29) is 0 Å². The Morgan fingerprint density at radius 2 is 2.27 bits per heavy atom. The van der Waals surface area contributed by atoms with Crippen LogP contribution < -0.4 is 0 Å². The summed E-state index contributed by atoms with van der Waals surface area (Å²) < 4.78 is 5.74. The van der Waals surface area contributed by atoms with Crippen LogP contribution in [-0.2, 0) is 4.74 Å². The van der Waals surface area contributed by atoms with Crippen LogP contribution in [0.4, 0.5) is 0 Å². The zero-order chi connectivity index (χ0) is 8.10. The maximum absolute atomic E-state index is 5.74. The molecule has 0 amide bonds. The van der Waals surface area contributed by atoms with Gasteiger partial charge in [-0.15, -0.1) is 0 Å². The average molecular weight is 221 g/mol. The van der Waals surface area contributed by atoms with Crippen molar-refractivity contribution >= 4 is 15.0 Å². The Kier molecular flexibility index (Phi) is 4.51. The molecule has 1 aliphatic rings. The van der Waals surface area contributed by atoms with Gasteiger partial charge >= 0.3 is 75.6 Å². The monoisotopic (exact) mass is 222 g/mol. The summed E-state index contributed by atoms with van der Waals surface area (Å²) in [6.07, 6.45) is 5.89. The molecule has 0 saturated carbocycles. The van der Waals surface area contributed by atoms with Crippen LogP contribution in [0.1, 0.15) is 39.5 Å². The van der Waals surface area contributed by atoms with E-state index in [0.717, 1.165) is 15.0 Å². The van der Waals surface area contributed by atoms with Crippen molar-refractivity contribution < 1.29 is 4.74 Å². The molecule has 1 rings (SSSR count). The Morgan fingerprint density at radius 1 is 1.45 bits per heavy atom. The molecule has 0 unspecified atom stereocenters. The molecule has 1 heterocycles. The van der Waals surface area contributed by atoms with Gasteiger partial charge in [0, 0.05) is 0 Å². The van der Waals surface area contributed by atoms with E-state index in [2.05, 4.69) is 13.8 Å². The van der Waals surface area contributed by atoms with Crippen LogP contribution in [0.2, 0.25) is 5.32 Å². The van der Waals surface area contributed by atoms with E-state index < -0.39 is 0 Å². The zero-order valence-corrected chi connectivity index (χ0v) is 9.22. The van der Waals surface area contributed by atoms with Gasteiger partial charge in [-0.25, -0.2) is 0 Å². The molecule has 0 aromatic carbocycles. The summed E-state index contributed by atoms with van der Waals surface area (Å²) in [6, 6.07) is 0. The van der Waals surface area contributed by atoms with Crippen LogP contribution >= 0.6 is 0 Å². The van der Waals surface area contributed by atoms with Crippen molar-refractivity contribution in [1.29, 1.82) is 0 Å². The summed E-state index contributed by atoms with van der Waals surface area (Å²) in [5.74, 6) is 0. The van der Waals surface area contributed by atoms with Gasteiger partial charge in [0.05, 0.1) is 0 Å². The van der Waals surface area contributed by atoms with Gasteiger partial charge in [0.1, 0.15) is 0 Å². The van der Waals surface area contributed by atoms with Gasteiger partial charge in [0.2, 0.25) is 0 Å². The topological polar surface area (TPSA) is 9.23 Å². The molecule has 0 aromatic rings. The molecule has 0 aromatic heterocycles. The Bertz CT molecular complexity index is 106. The summed E-state index contributed by atoms with van der Waals surface area (Å²) in [6.45, 7) is 4.45. The molecule has 2 heteroatoms. The first kappa shape index (κ1) is 9.57. The first-order valence-electron chi connectivity index (χ1n) is 4.60. The van der Waals surface area contributed by atoms with Crippen molar-refractivity contribution in [1.82, 2.24) is 0 Å². The van der Waals surface area contributed by atoms with E-state index >= 15 is 0 Å². The first-order chi connectivity index (χ1) is 5.33. The molecule has 0 bridgehead atoms. The van der Waals surface area contributed by atoms with Crippen LogP contribution in [0.25, 0.3) is 0 Å². The van der Waals surface area contributed by atoms with E-state index in [1.54, 1.807) is 0 Å². The first-order valence-corrected chi connectivity index (χ1v) is 6.80. The van der Waals surface area contributed by atoms with Crippen molar-refractivity contribution in [2.24, 2.45) is 0 Å². The third kappa shape index (κ3) is 3.59. The summed E-state index contributed by atoms with van der Waals surface area (Å²) in [5.41, 5.74) is 0. The van der Waals surface area contributed by atoms with Crippen molar-refractivity contribution in [2.75, 3.05) is 0 Å². The second kappa shape index (κ2) is 5.18. The third-order valence-electron chi connectivity index (χ3n) is 1.99. The molecule has 1 fully saturated rings. The number of hydrogen-bond donors (Lipinski definition) is 0. The van der Waals surface area contributed by atoms with Crippen LogP contribution in [0.5, 0.6) is 0 Å². The molecule has 1 aliphatic heterocycles. The SMILES string of the molecule is CCCC[Se][C@@H]1CC[C@@H](C)O1. The Balaban J connectivity index is 1.99. The van der Waals surface area contributed by atoms with E-state index in [1.807, 2.05) is 0 Å². The van der Waals surface area contributed by atoms with Gasteiger partial charge in [-0.2, -0.15) is 0 Å². The molecule has 0 N–H and O–H groups in total. The standard InChI is InChI=1S/C9H18OSe/c1-3-4-7-11-9-6-5-8(2)10-9/h8-9H,3-7H2,1-2H3/t8-,9-/m1/s1. The van der Waals surface area contributed by atoms with E-state index in [4.69, 9.17) is 4.74 Å². The fraction of sp³-hybridized carbons (Fsp3) is 1.00. The molecule has 0 radical (unpaired) electrons. The van der Waals surface area contributed by atoms with Crippen LogP contribution in [0.15, 0.2) is 0 Å². The third-order valence-corrected chi connectivity index (χ3v) is 4.60. The van der Waals surface area contributed by atoms with E-state index in [1.165, 1.54) is 31.0 Å². The van der Waals surface area contributed by atoms with Crippen molar-refractivity contribution in [3.8, 4) is 0 Å². The van der Waals surface area contributed by atoms with Gasteiger partial charge in [-0.3, -0.25) is 0 Å². The second-order valence-electron chi connectivity index (χ2n) is 3.18. The minimum absolute atomic E-state index is 0.545. The zero-order valence-electron chi connectivity index (χ0n) is 7.51. The van der Waals surface area contributed by atoms with Crippen molar-refractivity contribution in [3.63, 3.8) is 0 Å². The second-order valence-corrected chi connectivity index (χ2v) is 5.84. The molecule has 1 nitrogen and oxygen atoms in total. The summed E-state index contributed by atoms with van der Waals surface area (Å²) in [7, 11) is 0. The predicted molar refractivity (Wildman–Crippen MR) is 49.0 cm³/mol. The van der Waals surface area contributed by atoms with Crippen molar-refractivity contribution in [2.45, 2.75) is 56.0 Å². The quantitative estimate of drug-likeness (QED) is 0.523. The Hall–Kier alpha value is 0.479. The molecule has 2 atom stereocenters. The van der Waals surface area contributed by atoms with Crippen LogP contribution in [0.3, 0.4) is 0 Å². The van der Waals surface area contributed by atoms with E-state index in [9.17, 15) is 0 Å². The van der Waals surface area contributed by atoms with Gasteiger partial charge < -0.3 is 0 Å². The number of hydrogen-bond acceptors (Lipinski definition) is 1. The molecule has 66 valence electrons. The average Bonchev–Trinajstić information content (AvgIpc) is 2.37. The fourth-order valence-corrected chi connectivity index (χ4v) is 3.95. The van der Waals surface area contributed by atoms with E-state index in [0.29, 0.717) is 11.1 Å². The van der Waals surface area contributed by atoms with Gasteiger partial charge in [0.15, 0.2) is 0 Å². The molecule has 0 spiro atoms. The maximum atomic E-state index is 5.74. The summed E-state index contributed by atoms with van der Waals surface area (Å²) in [5, 5.41) is 2.07. The van der Waals surface area contributed by atoms with Crippen LogP contribution in [0, 0.1) is 0 Å². The predicted octanol–water partition coefficient (Wildman–Crippen LogP) is 2.43. The normalized spacial score (nSPS) is 31.1. The number of unbranched alkanes of at least 4 members (excludes halogenated alkanes) is 1. The fourth-order valence-electron chi connectivity index (χ4n) is 1.25. The Morgan fingerprint density at radius 3 is 2.82 bits per heavy atom. The van der Waals surface area contributed by atoms with Crippen LogP contribution in [-0.4, -0.2) is 26.1 Å². The molecular formula is C9H18OSe. The minimum atomic E-state index is 0.545. The number of rotatable bonds is 4. The number of ether oxygens (including phenoxy) is 1. The Labute approximate surface area is 76.0 Å². The van der Waals surface area contributed by atoms with Gasteiger partial charge in [-0.1, -0.05) is 0 Å². The summed E-state index contributed by atoms with van der Waals surface area (Å²) in [4.78, 5) is 0. The van der Waals surface area contributed by atoms with Gasteiger partial charge in [0.25, 0.3) is 0 Å². The molecule has 0 aliphatic carbocycles. The van der Waals surface area contributed by atoms with Gasteiger partial charge in [-0.05, 0) is 0 Å². The summed E-state index contributed by atoms with van der Waals surface area (Å²) >= 11 is 0.765. The molecule has 1 saturated heterocycles. The molecular weight excluding hydrogens is 203 g/mol. The van der Waals surface area contributed by atoms with Crippen molar-refractivity contribution in [3.05, 3.63) is 0 Å². The molecule has 11 heavy (non-hydrogen) atoms.